The van der Waals surface area contributed by atoms with Crippen molar-refractivity contribution in [2.75, 3.05) is 0 Å². The number of nitriles is 2. The highest BCUT2D eigenvalue weighted by Gasteiger charge is 2.22. The van der Waals surface area contributed by atoms with E-state index in [-0.39, 0.29) is 23.8 Å². The zero-order valence-corrected chi connectivity index (χ0v) is 11.0. The fraction of sp³-hybridized carbons (Fsp3) is 0.143. The Kier molecular flexibility index (Phi) is 4.30. The number of hydrogen-bond acceptors (Lipinski definition) is 5. The molecule has 0 aliphatic carbocycles. The van der Waals surface area contributed by atoms with Gasteiger partial charge in [0.1, 0.15) is 12.1 Å². The Bertz CT molecular complexity index is 722. The maximum absolute atomic E-state index is 12.0. The zero-order chi connectivity index (χ0) is 15.2. The van der Waals surface area contributed by atoms with Crippen LogP contribution in [0.3, 0.4) is 0 Å². The van der Waals surface area contributed by atoms with Crippen LogP contribution in [0.5, 0.6) is 0 Å². The Hall–Kier alpha value is -3.16. The maximum atomic E-state index is 12.0. The summed E-state index contributed by atoms with van der Waals surface area (Å²) in [6.07, 6.45) is 1.37. The van der Waals surface area contributed by atoms with E-state index in [4.69, 9.17) is 16.4 Å². The van der Waals surface area contributed by atoms with Crippen LogP contribution in [0.2, 0.25) is 0 Å². The largest absolute Gasteiger partial charge is 0.320 e. The molecular formula is C14H12N6O. The molecule has 7 nitrogen and oxygen atoms in total. The van der Waals surface area contributed by atoms with E-state index in [1.165, 1.54) is 10.9 Å². The highest BCUT2D eigenvalue weighted by molar-refractivity contribution is 5.83. The Morgan fingerprint density at radius 1 is 1.33 bits per heavy atom. The molecule has 1 amide bonds. The van der Waals surface area contributed by atoms with E-state index in [0.717, 1.165) is 5.56 Å². The van der Waals surface area contributed by atoms with Gasteiger partial charge in [-0.25, -0.2) is 10.8 Å². The Labute approximate surface area is 121 Å². The van der Waals surface area contributed by atoms with Crippen molar-refractivity contribution in [3.05, 3.63) is 53.6 Å². The van der Waals surface area contributed by atoms with E-state index in [2.05, 4.69) is 10.4 Å². The summed E-state index contributed by atoms with van der Waals surface area (Å²) in [5, 5.41) is 18.0. The monoisotopic (exact) mass is 280 g/mol. The fourth-order valence-electron chi connectivity index (χ4n) is 2.04. The smallest absolute Gasteiger partial charge is 0.243 e. The molecule has 3 N–H and O–H groups in total. The summed E-state index contributed by atoms with van der Waals surface area (Å²) in [6, 6.07) is 12.8. The van der Waals surface area contributed by atoms with Gasteiger partial charge in [0.15, 0.2) is 11.4 Å². The third-order valence-corrected chi connectivity index (χ3v) is 3.09. The van der Waals surface area contributed by atoms with Crippen LogP contribution in [-0.2, 0) is 11.3 Å². The van der Waals surface area contributed by atoms with E-state index in [1.54, 1.807) is 12.1 Å². The number of aromatic nitrogens is 2. The molecule has 2 aromatic rings. The fourth-order valence-corrected chi connectivity index (χ4v) is 2.04. The average molecular weight is 280 g/mol. The molecule has 0 aliphatic rings. The molecule has 104 valence electrons. The molecule has 0 saturated carbocycles. The molecule has 1 atom stereocenters. The normalized spacial score (nSPS) is 11.2. The molecule has 0 fully saturated rings. The minimum atomic E-state index is -0.580. The van der Waals surface area contributed by atoms with E-state index < -0.39 is 5.92 Å². The van der Waals surface area contributed by atoms with Crippen LogP contribution in [-0.4, -0.2) is 15.5 Å². The Morgan fingerprint density at radius 2 is 2.05 bits per heavy atom. The van der Waals surface area contributed by atoms with Crippen molar-refractivity contribution in [1.29, 1.82) is 10.5 Å². The number of hydrogen-bond donors (Lipinski definition) is 2. The lowest BCUT2D eigenvalue weighted by Crippen LogP contribution is -2.36. The number of rotatable bonds is 4. The van der Waals surface area contributed by atoms with Gasteiger partial charge in [0.05, 0.1) is 12.2 Å². The van der Waals surface area contributed by atoms with Gasteiger partial charge in [-0.15, -0.1) is 0 Å². The predicted molar refractivity (Wildman–Crippen MR) is 73.2 cm³/mol. The Balaban J connectivity index is 2.38. The van der Waals surface area contributed by atoms with Gasteiger partial charge in [-0.2, -0.15) is 10.5 Å². The first kappa shape index (κ1) is 14.3. The van der Waals surface area contributed by atoms with Crippen LogP contribution in [0.25, 0.3) is 0 Å². The Morgan fingerprint density at radius 3 is 2.62 bits per heavy atom. The molecule has 0 radical (unpaired) electrons. The number of carbonyl (C=O) groups excluding carboxylic acids is 1. The number of nitrogens with two attached hydrogens (primary N) is 1. The standard InChI is InChI=1S/C14H12N6O/c15-6-12-13(7-16)20(9-18-12)8-11(14(21)19-17)10-4-2-1-3-5-10/h1-5,9,11H,8,17H2,(H,19,21). The number of benzene rings is 1. The molecule has 2 rings (SSSR count). The molecule has 0 spiro atoms. The third-order valence-electron chi connectivity index (χ3n) is 3.09. The molecule has 1 aromatic carbocycles. The summed E-state index contributed by atoms with van der Waals surface area (Å²) in [7, 11) is 0. The van der Waals surface area contributed by atoms with Gasteiger partial charge >= 0.3 is 0 Å². The highest BCUT2D eigenvalue weighted by atomic mass is 16.2. The number of carbonyl (C=O) groups is 1. The van der Waals surface area contributed by atoms with Crippen molar-refractivity contribution in [3.8, 4) is 12.1 Å². The van der Waals surface area contributed by atoms with Crippen molar-refractivity contribution in [2.45, 2.75) is 12.5 Å². The molecule has 0 aliphatic heterocycles. The lowest BCUT2D eigenvalue weighted by molar-refractivity contribution is -0.122. The van der Waals surface area contributed by atoms with Gasteiger partial charge in [-0.3, -0.25) is 10.2 Å². The van der Waals surface area contributed by atoms with Crippen molar-refractivity contribution < 1.29 is 4.79 Å². The van der Waals surface area contributed by atoms with Crippen molar-refractivity contribution in [3.63, 3.8) is 0 Å². The number of imidazole rings is 1. The van der Waals surface area contributed by atoms with E-state index in [9.17, 15) is 4.79 Å². The zero-order valence-electron chi connectivity index (χ0n) is 11.0. The molecular weight excluding hydrogens is 268 g/mol. The third kappa shape index (κ3) is 2.89. The van der Waals surface area contributed by atoms with E-state index in [0.29, 0.717) is 0 Å². The van der Waals surface area contributed by atoms with Crippen LogP contribution < -0.4 is 11.3 Å². The van der Waals surface area contributed by atoms with Gasteiger partial charge in [-0.1, -0.05) is 30.3 Å². The number of nitrogens with zero attached hydrogens (tertiary/aromatic N) is 4. The summed E-state index contributed by atoms with van der Waals surface area (Å²) in [5.74, 6) is 4.27. The summed E-state index contributed by atoms with van der Waals surface area (Å²) in [5.41, 5.74) is 3.05. The minimum absolute atomic E-state index is 0.0393. The van der Waals surface area contributed by atoms with Gasteiger partial charge in [0.2, 0.25) is 5.91 Å². The molecule has 1 heterocycles. The SMILES string of the molecule is N#Cc1ncn(CC(C(=O)NN)c2ccccc2)c1C#N. The van der Waals surface area contributed by atoms with Crippen LogP contribution in [0.4, 0.5) is 0 Å². The summed E-state index contributed by atoms with van der Waals surface area (Å²) < 4.78 is 1.48. The molecule has 21 heavy (non-hydrogen) atoms. The quantitative estimate of drug-likeness (QED) is 0.477. The summed E-state index contributed by atoms with van der Waals surface area (Å²) in [6.45, 7) is 0.171. The lowest BCUT2D eigenvalue weighted by atomic mass is 9.98. The molecule has 7 heteroatoms. The van der Waals surface area contributed by atoms with Crippen LogP contribution >= 0.6 is 0 Å². The second-order valence-electron chi connectivity index (χ2n) is 4.29. The number of nitrogens with one attached hydrogen (secondary N) is 1. The predicted octanol–water partition coefficient (Wildman–Crippen LogP) is 0.400. The molecule has 1 aromatic heterocycles. The van der Waals surface area contributed by atoms with E-state index >= 15 is 0 Å². The van der Waals surface area contributed by atoms with Crippen LogP contribution in [0.1, 0.15) is 22.9 Å². The van der Waals surface area contributed by atoms with Crippen molar-refractivity contribution >= 4 is 5.91 Å². The van der Waals surface area contributed by atoms with Crippen LogP contribution in [0.15, 0.2) is 36.7 Å². The van der Waals surface area contributed by atoms with E-state index in [1.807, 2.05) is 30.3 Å². The van der Waals surface area contributed by atoms with Gasteiger partial charge in [0.25, 0.3) is 0 Å². The molecule has 0 bridgehead atoms. The first-order valence-electron chi connectivity index (χ1n) is 6.12. The van der Waals surface area contributed by atoms with Gasteiger partial charge < -0.3 is 4.57 Å². The molecule has 0 saturated heterocycles. The first-order valence-corrected chi connectivity index (χ1v) is 6.12. The molecule has 1 unspecified atom stereocenters. The summed E-state index contributed by atoms with van der Waals surface area (Å²) in [4.78, 5) is 15.8. The maximum Gasteiger partial charge on any atom is 0.243 e. The van der Waals surface area contributed by atoms with Crippen molar-refractivity contribution in [2.24, 2.45) is 5.84 Å². The minimum Gasteiger partial charge on any atom is -0.320 e. The van der Waals surface area contributed by atoms with Crippen LogP contribution in [0, 0.1) is 22.7 Å². The van der Waals surface area contributed by atoms with Gasteiger partial charge in [0, 0.05) is 6.54 Å². The number of amides is 1. The topological polar surface area (TPSA) is 121 Å². The second-order valence-corrected chi connectivity index (χ2v) is 4.29. The van der Waals surface area contributed by atoms with Gasteiger partial charge in [-0.05, 0) is 5.56 Å². The highest BCUT2D eigenvalue weighted by Crippen LogP contribution is 2.19. The van der Waals surface area contributed by atoms with Crippen molar-refractivity contribution in [1.82, 2.24) is 15.0 Å². The second kappa shape index (κ2) is 6.33. The average Bonchev–Trinajstić information content (AvgIpc) is 2.94. The summed E-state index contributed by atoms with van der Waals surface area (Å²) >= 11 is 0. The first-order chi connectivity index (χ1) is 10.2. The number of hydrazine groups is 1. The lowest BCUT2D eigenvalue weighted by Gasteiger charge is -2.16.